The molecule has 2 atom stereocenters. The Bertz CT molecular complexity index is 370. The number of alkyl halides is 3. The monoisotopic (exact) mass is 274 g/mol. The molecule has 0 bridgehead atoms. The molecule has 4 heteroatoms. The maximum Gasteiger partial charge on any atom is 0.416 e. The third kappa shape index (κ3) is 4.53. The van der Waals surface area contributed by atoms with Crippen molar-refractivity contribution in [3.8, 4) is 0 Å². The molecule has 1 nitrogen and oxygen atoms in total. The number of unbranched alkanes of at least 4 members (excludes halogenated alkanes) is 1. The molecule has 2 unspecified atom stereocenters. The van der Waals surface area contributed by atoms with E-state index in [0.717, 1.165) is 37.8 Å². The third-order valence-electron chi connectivity index (χ3n) is 3.48. The van der Waals surface area contributed by atoms with Gasteiger partial charge in [0.15, 0.2) is 0 Å². The molecular weight excluding hydrogens is 253 g/mol. The van der Waals surface area contributed by atoms with Crippen molar-refractivity contribution in [2.24, 2.45) is 5.92 Å². The summed E-state index contributed by atoms with van der Waals surface area (Å²) in [5.74, 6) is 0.108. The van der Waals surface area contributed by atoms with Crippen LogP contribution in [0.1, 0.15) is 56.8 Å². The van der Waals surface area contributed by atoms with Crippen LogP contribution in [0.5, 0.6) is 0 Å². The van der Waals surface area contributed by atoms with Crippen molar-refractivity contribution in [2.75, 3.05) is 0 Å². The van der Waals surface area contributed by atoms with Crippen molar-refractivity contribution < 1.29 is 18.3 Å². The average molecular weight is 274 g/mol. The van der Waals surface area contributed by atoms with Crippen LogP contribution in [-0.4, -0.2) is 5.11 Å². The largest absolute Gasteiger partial charge is 0.416 e. The van der Waals surface area contributed by atoms with Crippen molar-refractivity contribution in [1.82, 2.24) is 0 Å². The van der Waals surface area contributed by atoms with Crippen molar-refractivity contribution >= 4 is 0 Å². The van der Waals surface area contributed by atoms with Crippen LogP contribution in [-0.2, 0) is 6.18 Å². The lowest BCUT2D eigenvalue weighted by atomic mass is 9.89. The highest BCUT2D eigenvalue weighted by Gasteiger charge is 2.30. The second kappa shape index (κ2) is 6.94. The molecular formula is C15H21F3O. The van der Waals surface area contributed by atoms with E-state index >= 15 is 0 Å². The van der Waals surface area contributed by atoms with Gasteiger partial charge in [0.25, 0.3) is 0 Å². The molecule has 0 amide bonds. The van der Waals surface area contributed by atoms with Gasteiger partial charge >= 0.3 is 6.18 Å². The third-order valence-corrected chi connectivity index (χ3v) is 3.48. The van der Waals surface area contributed by atoms with Crippen LogP contribution >= 0.6 is 0 Å². The van der Waals surface area contributed by atoms with Crippen LogP contribution < -0.4 is 0 Å². The van der Waals surface area contributed by atoms with Gasteiger partial charge in [0.2, 0.25) is 0 Å². The number of aliphatic hydroxyl groups excluding tert-OH is 1. The number of rotatable bonds is 6. The maximum absolute atomic E-state index is 12.4. The van der Waals surface area contributed by atoms with Gasteiger partial charge in [-0.3, -0.25) is 0 Å². The normalized spacial score (nSPS) is 15.3. The number of benzene rings is 1. The number of hydrogen-bond acceptors (Lipinski definition) is 1. The van der Waals surface area contributed by atoms with E-state index in [1.54, 1.807) is 0 Å². The Morgan fingerprint density at radius 1 is 1.11 bits per heavy atom. The average Bonchev–Trinajstić information content (AvgIpc) is 2.38. The molecule has 0 aliphatic rings. The number of hydrogen-bond donors (Lipinski definition) is 1. The molecule has 1 aromatic rings. The first-order valence-electron chi connectivity index (χ1n) is 6.75. The molecule has 1 rings (SSSR count). The zero-order chi connectivity index (χ0) is 14.5. The molecule has 0 saturated heterocycles. The predicted octanol–water partition coefficient (Wildman–Crippen LogP) is 4.96. The van der Waals surface area contributed by atoms with Gasteiger partial charge in [0.1, 0.15) is 0 Å². The first kappa shape index (κ1) is 16.0. The van der Waals surface area contributed by atoms with E-state index in [2.05, 4.69) is 6.92 Å². The van der Waals surface area contributed by atoms with Gasteiger partial charge < -0.3 is 5.11 Å². The van der Waals surface area contributed by atoms with Crippen LogP contribution in [0.3, 0.4) is 0 Å². The van der Waals surface area contributed by atoms with Crippen LogP contribution in [0.25, 0.3) is 0 Å². The first-order valence-corrected chi connectivity index (χ1v) is 6.75. The summed E-state index contributed by atoms with van der Waals surface area (Å²) >= 11 is 0. The summed E-state index contributed by atoms with van der Waals surface area (Å²) in [4.78, 5) is 0. The fourth-order valence-electron chi connectivity index (χ4n) is 2.19. The minimum atomic E-state index is -4.32. The number of halogens is 3. The molecule has 1 N–H and O–H groups in total. The number of aliphatic hydroxyl groups is 1. The molecule has 0 spiro atoms. The zero-order valence-electron chi connectivity index (χ0n) is 11.4. The standard InChI is InChI=1S/C15H21F3O/c1-3-5-6-11(4-2)14(19)12-7-9-13(10-8-12)15(16,17)18/h7-11,14,19H,3-6H2,1-2H3. The summed E-state index contributed by atoms with van der Waals surface area (Å²) in [6, 6.07) is 4.82. The smallest absolute Gasteiger partial charge is 0.388 e. The lowest BCUT2D eigenvalue weighted by Crippen LogP contribution is -2.12. The topological polar surface area (TPSA) is 20.2 Å². The van der Waals surface area contributed by atoms with Crippen LogP contribution in [0.15, 0.2) is 24.3 Å². The molecule has 0 aliphatic heterocycles. The fraction of sp³-hybridized carbons (Fsp3) is 0.600. The van der Waals surface area contributed by atoms with Gasteiger partial charge in [0, 0.05) is 0 Å². The second-order valence-corrected chi connectivity index (χ2v) is 4.88. The first-order chi connectivity index (χ1) is 8.90. The Kier molecular flexibility index (Phi) is 5.85. The summed E-state index contributed by atoms with van der Waals surface area (Å²) < 4.78 is 37.3. The Labute approximate surface area is 112 Å². The van der Waals surface area contributed by atoms with Crippen LogP contribution in [0.2, 0.25) is 0 Å². The van der Waals surface area contributed by atoms with Crippen molar-refractivity contribution in [1.29, 1.82) is 0 Å². The molecule has 0 radical (unpaired) electrons. The van der Waals surface area contributed by atoms with Crippen molar-refractivity contribution in [3.63, 3.8) is 0 Å². The molecule has 0 heterocycles. The minimum absolute atomic E-state index is 0.108. The molecule has 19 heavy (non-hydrogen) atoms. The van der Waals surface area contributed by atoms with Crippen molar-refractivity contribution in [2.45, 2.75) is 51.8 Å². The molecule has 0 saturated carbocycles. The van der Waals surface area contributed by atoms with Gasteiger partial charge in [-0.1, -0.05) is 45.2 Å². The van der Waals surface area contributed by atoms with E-state index in [1.807, 2.05) is 6.92 Å². The van der Waals surface area contributed by atoms with E-state index < -0.39 is 17.8 Å². The summed E-state index contributed by atoms with van der Waals surface area (Å²) in [7, 11) is 0. The van der Waals surface area contributed by atoms with Gasteiger partial charge in [-0.05, 0) is 30.0 Å². The lowest BCUT2D eigenvalue weighted by molar-refractivity contribution is -0.137. The Hall–Kier alpha value is -1.03. The molecule has 0 fully saturated rings. The summed E-state index contributed by atoms with van der Waals surface area (Å²) in [6.07, 6.45) is -1.21. The van der Waals surface area contributed by atoms with Crippen LogP contribution in [0.4, 0.5) is 13.2 Å². The fourth-order valence-corrected chi connectivity index (χ4v) is 2.19. The predicted molar refractivity (Wildman–Crippen MR) is 69.7 cm³/mol. The molecule has 0 aliphatic carbocycles. The Morgan fingerprint density at radius 2 is 1.68 bits per heavy atom. The van der Waals surface area contributed by atoms with Crippen molar-refractivity contribution in [3.05, 3.63) is 35.4 Å². The summed E-state index contributed by atoms with van der Waals surface area (Å²) in [6.45, 7) is 4.07. The summed E-state index contributed by atoms with van der Waals surface area (Å²) in [5.41, 5.74) is -0.110. The molecule has 1 aromatic carbocycles. The van der Waals surface area contributed by atoms with Gasteiger partial charge in [-0.25, -0.2) is 0 Å². The van der Waals surface area contributed by atoms with Gasteiger partial charge in [-0.2, -0.15) is 13.2 Å². The highest BCUT2D eigenvalue weighted by Crippen LogP contribution is 2.32. The van der Waals surface area contributed by atoms with E-state index in [0.29, 0.717) is 5.56 Å². The van der Waals surface area contributed by atoms with E-state index in [1.165, 1.54) is 12.1 Å². The lowest BCUT2D eigenvalue weighted by Gasteiger charge is -2.22. The highest BCUT2D eigenvalue weighted by molar-refractivity contribution is 5.26. The SMILES string of the molecule is CCCCC(CC)C(O)c1ccc(C(F)(F)F)cc1. The summed E-state index contributed by atoms with van der Waals surface area (Å²) in [5, 5.41) is 10.2. The highest BCUT2D eigenvalue weighted by atomic mass is 19.4. The van der Waals surface area contributed by atoms with E-state index in [9.17, 15) is 18.3 Å². The molecule has 108 valence electrons. The zero-order valence-corrected chi connectivity index (χ0v) is 11.4. The van der Waals surface area contributed by atoms with Gasteiger partial charge in [-0.15, -0.1) is 0 Å². The Balaban J connectivity index is 2.78. The Morgan fingerprint density at radius 3 is 2.11 bits per heavy atom. The van der Waals surface area contributed by atoms with E-state index in [-0.39, 0.29) is 5.92 Å². The van der Waals surface area contributed by atoms with Crippen LogP contribution in [0, 0.1) is 5.92 Å². The van der Waals surface area contributed by atoms with Gasteiger partial charge in [0.05, 0.1) is 11.7 Å². The maximum atomic E-state index is 12.4. The minimum Gasteiger partial charge on any atom is -0.388 e. The quantitative estimate of drug-likeness (QED) is 0.777. The van der Waals surface area contributed by atoms with E-state index in [4.69, 9.17) is 0 Å². The molecule has 0 aromatic heterocycles. The second-order valence-electron chi connectivity index (χ2n) is 4.88.